The second-order valence-electron chi connectivity index (χ2n) is 8.47. The number of rotatable bonds is 7. The Kier molecular flexibility index (Phi) is 5.96. The highest BCUT2D eigenvalue weighted by Gasteiger charge is 2.31. The SMILES string of the molecule is Cn1nccc1C(=O)NC[C@H]1CN(CC2CCN(CC3CC3)CC2)C(=O)CO1. The predicted molar refractivity (Wildman–Crippen MR) is 104 cm³/mol. The van der Waals surface area contributed by atoms with Gasteiger partial charge in [-0.1, -0.05) is 0 Å². The third-order valence-corrected chi connectivity index (χ3v) is 6.16. The van der Waals surface area contributed by atoms with Crippen LogP contribution in [0.5, 0.6) is 0 Å². The minimum atomic E-state index is -0.171. The van der Waals surface area contributed by atoms with Crippen LogP contribution < -0.4 is 5.32 Å². The second kappa shape index (κ2) is 8.61. The Hall–Kier alpha value is -1.93. The van der Waals surface area contributed by atoms with Gasteiger partial charge >= 0.3 is 0 Å². The maximum absolute atomic E-state index is 12.3. The Morgan fingerprint density at radius 1 is 1.21 bits per heavy atom. The van der Waals surface area contributed by atoms with Crippen LogP contribution in [0.2, 0.25) is 0 Å². The molecule has 154 valence electrons. The van der Waals surface area contributed by atoms with Crippen molar-refractivity contribution in [1.29, 1.82) is 0 Å². The van der Waals surface area contributed by atoms with Gasteiger partial charge in [0.05, 0.1) is 6.10 Å². The zero-order chi connectivity index (χ0) is 19.5. The Bertz CT molecular complexity index is 694. The number of piperidine rings is 1. The van der Waals surface area contributed by atoms with Crippen LogP contribution in [-0.2, 0) is 16.6 Å². The molecule has 8 nitrogen and oxygen atoms in total. The van der Waals surface area contributed by atoms with Crippen LogP contribution in [0.25, 0.3) is 0 Å². The van der Waals surface area contributed by atoms with E-state index in [4.69, 9.17) is 4.74 Å². The lowest BCUT2D eigenvalue weighted by molar-refractivity contribution is -0.149. The predicted octanol–water partition coefficient (Wildman–Crippen LogP) is 0.499. The highest BCUT2D eigenvalue weighted by molar-refractivity contribution is 5.92. The summed E-state index contributed by atoms with van der Waals surface area (Å²) >= 11 is 0. The highest BCUT2D eigenvalue weighted by Crippen LogP contribution is 2.31. The Morgan fingerprint density at radius 2 is 1.96 bits per heavy atom. The lowest BCUT2D eigenvalue weighted by atomic mass is 9.95. The molecule has 1 atom stereocenters. The van der Waals surface area contributed by atoms with Crippen LogP contribution in [0, 0.1) is 11.8 Å². The van der Waals surface area contributed by atoms with Crippen molar-refractivity contribution in [2.45, 2.75) is 31.8 Å². The Labute approximate surface area is 166 Å². The van der Waals surface area contributed by atoms with Gasteiger partial charge in [-0.3, -0.25) is 14.3 Å². The topological polar surface area (TPSA) is 79.7 Å². The van der Waals surface area contributed by atoms with Gasteiger partial charge in [0.2, 0.25) is 5.91 Å². The van der Waals surface area contributed by atoms with Gasteiger partial charge in [-0.15, -0.1) is 0 Å². The number of aryl methyl sites for hydroxylation is 1. The summed E-state index contributed by atoms with van der Waals surface area (Å²) in [5, 5.41) is 6.91. The maximum Gasteiger partial charge on any atom is 0.269 e. The number of morpholine rings is 1. The number of nitrogens with zero attached hydrogens (tertiary/aromatic N) is 4. The lowest BCUT2D eigenvalue weighted by Crippen LogP contribution is -2.52. The number of ether oxygens (including phenoxy) is 1. The molecule has 0 spiro atoms. The molecule has 0 aromatic carbocycles. The molecule has 2 aliphatic heterocycles. The van der Waals surface area contributed by atoms with Crippen molar-refractivity contribution in [1.82, 2.24) is 24.9 Å². The summed E-state index contributed by atoms with van der Waals surface area (Å²) in [6, 6.07) is 1.68. The van der Waals surface area contributed by atoms with Gasteiger partial charge in [0, 0.05) is 39.4 Å². The molecule has 2 saturated heterocycles. The number of carbonyl (C=O) groups is 2. The molecule has 3 aliphatic rings. The summed E-state index contributed by atoms with van der Waals surface area (Å²) in [6.45, 7) is 5.44. The van der Waals surface area contributed by atoms with Gasteiger partial charge in [0.25, 0.3) is 5.91 Å². The van der Waals surface area contributed by atoms with E-state index in [1.54, 1.807) is 24.0 Å². The van der Waals surface area contributed by atoms with Crippen LogP contribution in [0.15, 0.2) is 12.3 Å². The standard InChI is InChI=1S/C20H31N5O3/c1-23-18(4-7-22-23)20(27)21-10-17-13-25(19(26)14-28-17)12-16-5-8-24(9-6-16)11-15-2-3-15/h4,7,15-17H,2-3,5-6,8-14H2,1H3,(H,21,27)/t17-/m0/s1. The monoisotopic (exact) mass is 389 g/mol. The molecular formula is C20H31N5O3. The van der Waals surface area contributed by atoms with Crippen LogP contribution >= 0.6 is 0 Å². The van der Waals surface area contributed by atoms with Crippen LogP contribution in [-0.4, -0.2) is 83.4 Å². The quantitative estimate of drug-likeness (QED) is 0.735. The van der Waals surface area contributed by atoms with Crippen molar-refractivity contribution in [3.8, 4) is 0 Å². The largest absolute Gasteiger partial charge is 0.365 e. The molecule has 3 fully saturated rings. The first-order chi connectivity index (χ1) is 13.6. The van der Waals surface area contributed by atoms with Crippen molar-refractivity contribution in [2.75, 3.05) is 45.9 Å². The molecule has 4 rings (SSSR count). The normalized spacial score (nSPS) is 24.5. The first-order valence-electron chi connectivity index (χ1n) is 10.5. The van der Waals surface area contributed by atoms with E-state index in [2.05, 4.69) is 15.3 Å². The van der Waals surface area contributed by atoms with E-state index in [9.17, 15) is 9.59 Å². The molecular weight excluding hydrogens is 358 g/mol. The molecule has 3 heterocycles. The molecule has 1 saturated carbocycles. The zero-order valence-electron chi connectivity index (χ0n) is 16.7. The molecule has 2 amide bonds. The molecule has 1 N–H and O–H groups in total. The van der Waals surface area contributed by atoms with Gasteiger partial charge in [-0.25, -0.2) is 0 Å². The Balaban J connectivity index is 1.21. The van der Waals surface area contributed by atoms with Crippen molar-refractivity contribution >= 4 is 11.8 Å². The first-order valence-corrected chi connectivity index (χ1v) is 10.5. The van der Waals surface area contributed by atoms with Crippen LogP contribution in [0.4, 0.5) is 0 Å². The third kappa shape index (κ3) is 4.91. The number of amides is 2. The molecule has 0 radical (unpaired) electrons. The van der Waals surface area contributed by atoms with E-state index >= 15 is 0 Å². The first kappa shape index (κ1) is 19.4. The van der Waals surface area contributed by atoms with E-state index in [1.165, 1.54) is 32.2 Å². The summed E-state index contributed by atoms with van der Waals surface area (Å²) in [7, 11) is 1.74. The van der Waals surface area contributed by atoms with Crippen molar-refractivity contribution in [3.05, 3.63) is 18.0 Å². The molecule has 0 bridgehead atoms. The van der Waals surface area contributed by atoms with E-state index in [1.807, 2.05) is 4.90 Å². The maximum atomic E-state index is 12.3. The summed E-state index contributed by atoms with van der Waals surface area (Å²) in [4.78, 5) is 29.0. The number of nitrogens with one attached hydrogen (secondary N) is 1. The summed E-state index contributed by atoms with van der Waals surface area (Å²) in [5.74, 6) is 1.41. The van der Waals surface area contributed by atoms with Gasteiger partial charge in [0.1, 0.15) is 12.3 Å². The minimum absolute atomic E-state index is 0.0645. The molecule has 8 heteroatoms. The summed E-state index contributed by atoms with van der Waals surface area (Å²) in [5.41, 5.74) is 0.515. The van der Waals surface area contributed by atoms with Gasteiger partial charge < -0.3 is 19.9 Å². The molecule has 1 aromatic rings. The fourth-order valence-corrected chi connectivity index (χ4v) is 4.20. The number of hydrogen-bond acceptors (Lipinski definition) is 5. The number of carbonyl (C=O) groups excluding carboxylic acids is 2. The minimum Gasteiger partial charge on any atom is -0.365 e. The molecule has 28 heavy (non-hydrogen) atoms. The smallest absolute Gasteiger partial charge is 0.269 e. The third-order valence-electron chi connectivity index (χ3n) is 6.16. The summed E-state index contributed by atoms with van der Waals surface area (Å²) in [6.07, 6.45) is 6.58. The molecule has 1 aromatic heterocycles. The molecule has 0 unspecified atom stereocenters. The van der Waals surface area contributed by atoms with E-state index in [0.717, 1.165) is 25.6 Å². The van der Waals surface area contributed by atoms with E-state index < -0.39 is 0 Å². The van der Waals surface area contributed by atoms with Crippen molar-refractivity contribution in [3.63, 3.8) is 0 Å². The average Bonchev–Trinajstić information content (AvgIpc) is 3.41. The number of hydrogen-bond donors (Lipinski definition) is 1. The van der Waals surface area contributed by atoms with E-state index in [-0.39, 0.29) is 24.5 Å². The lowest BCUT2D eigenvalue weighted by Gasteiger charge is -2.38. The number of aromatic nitrogens is 2. The fourth-order valence-electron chi connectivity index (χ4n) is 4.20. The van der Waals surface area contributed by atoms with Crippen molar-refractivity contribution in [2.24, 2.45) is 18.9 Å². The van der Waals surface area contributed by atoms with Crippen LogP contribution in [0.1, 0.15) is 36.2 Å². The Morgan fingerprint density at radius 3 is 2.64 bits per heavy atom. The second-order valence-corrected chi connectivity index (χ2v) is 8.47. The van der Waals surface area contributed by atoms with Gasteiger partial charge in [0.15, 0.2) is 0 Å². The number of likely N-dealkylation sites (tertiary alicyclic amines) is 1. The fraction of sp³-hybridized carbons (Fsp3) is 0.750. The highest BCUT2D eigenvalue weighted by atomic mass is 16.5. The average molecular weight is 390 g/mol. The van der Waals surface area contributed by atoms with Crippen LogP contribution in [0.3, 0.4) is 0 Å². The summed E-state index contributed by atoms with van der Waals surface area (Å²) < 4.78 is 7.18. The van der Waals surface area contributed by atoms with E-state index in [0.29, 0.717) is 24.7 Å². The van der Waals surface area contributed by atoms with Gasteiger partial charge in [-0.05, 0) is 56.7 Å². The van der Waals surface area contributed by atoms with Gasteiger partial charge in [-0.2, -0.15) is 5.10 Å². The van der Waals surface area contributed by atoms with Crippen molar-refractivity contribution < 1.29 is 14.3 Å². The zero-order valence-corrected chi connectivity index (χ0v) is 16.7. The molecule has 1 aliphatic carbocycles.